The van der Waals surface area contributed by atoms with Crippen molar-refractivity contribution < 1.29 is 19.1 Å². The van der Waals surface area contributed by atoms with Gasteiger partial charge in [-0.15, -0.1) is 0 Å². The zero-order valence-corrected chi connectivity index (χ0v) is 17.8. The number of hydrogen-bond acceptors (Lipinski definition) is 4. The summed E-state index contributed by atoms with van der Waals surface area (Å²) in [7, 11) is 0. The largest absolute Gasteiger partial charge is 0.492 e. The standard InChI is InChI=1S/C25H28N2O4/c1-2-31-22-11-7-6-10-21(22)27-17-20(16-23(27)28)25(30)26-14-12-19(13-15-26)24(29)18-8-4-3-5-9-18/h3-11,19-20H,2,12-17H2,1H3. The number of rotatable bonds is 6. The molecule has 2 aromatic rings. The maximum atomic E-state index is 13.1. The van der Waals surface area contributed by atoms with Crippen LogP contribution >= 0.6 is 0 Å². The normalized spacial score (nSPS) is 19.5. The number of ether oxygens (including phenoxy) is 1. The quantitative estimate of drug-likeness (QED) is 0.670. The number of para-hydroxylation sites is 2. The molecular formula is C25H28N2O4. The summed E-state index contributed by atoms with van der Waals surface area (Å²) in [6.45, 7) is 3.90. The Labute approximate surface area is 182 Å². The highest BCUT2D eigenvalue weighted by atomic mass is 16.5. The smallest absolute Gasteiger partial charge is 0.228 e. The van der Waals surface area contributed by atoms with Gasteiger partial charge in [0.05, 0.1) is 18.2 Å². The molecule has 1 atom stereocenters. The summed E-state index contributed by atoms with van der Waals surface area (Å²) in [5.41, 5.74) is 1.45. The van der Waals surface area contributed by atoms with Crippen molar-refractivity contribution in [3.8, 4) is 5.75 Å². The highest BCUT2D eigenvalue weighted by Crippen LogP contribution is 2.34. The van der Waals surface area contributed by atoms with Gasteiger partial charge in [-0.2, -0.15) is 0 Å². The molecule has 2 heterocycles. The number of likely N-dealkylation sites (tertiary alicyclic amines) is 1. The van der Waals surface area contributed by atoms with Crippen LogP contribution in [0, 0.1) is 11.8 Å². The summed E-state index contributed by atoms with van der Waals surface area (Å²) in [5, 5.41) is 0. The second kappa shape index (κ2) is 9.33. The summed E-state index contributed by atoms with van der Waals surface area (Å²) in [6, 6.07) is 16.8. The van der Waals surface area contributed by atoms with Crippen LogP contribution in [0.15, 0.2) is 54.6 Å². The van der Waals surface area contributed by atoms with E-state index in [4.69, 9.17) is 4.74 Å². The lowest BCUT2D eigenvalue weighted by molar-refractivity contribution is -0.137. The molecule has 162 valence electrons. The zero-order valence-electron chi connectivity index (χ0n) is 17.8. The lowest BCUT2D eigenvalue weighted by Gasteiger charge is -2.33. The van der Waals surface area contributed by atoms with Crippen LogP contribution in [0.1, 0.15) is 36.5 Å². The molecule has 2 aromatic carbocycles. The van der Waals surface area contributed by atoms with Crippen molar-refractivity contribution in [1.29, 1.82) is 0 Å². The predicted octanol–water partition coefficient (Wildman–Crippen LogP) is 3.56. The van der Waals surface area contributed by atoms with Gasteiger partial charge in [-0.05, 0) is 31.9 Å². The van der Waals surface area contributed by atoms with Crippen LogP contribution in [0.2, 0.25) is 0 Å². The zero-order chi connectivity index (χ0) is 21.8. The summed E-state index contributed by atoms with van der Waals surface area (Å²) < 4.78 is 5.66. The Kier molecular flexibility index (Phi) is 6.35. The fourth-order valence-corrected chi connectivity index (χ4v) is 4.52. The van der Waals surface area contributed by atoms with Crippen molar-refractivity contribution in [3.63, 3.8) is 0 Å². The van der Waals surface area contributed by atoms with E-state index in [1.807, 2.05) is 66.4 Å². The Hall–Kier alpha value is -3.15. The minimum Gasteiger partial charge on any atom is -0.492 e. The number of piperidine rings is 1. The number of carbonyl (C=O) groups is 3. The van der Waals surface area contributed by atoms with Crippen molar-refractivity contribution >= 4 is 23.3 Å². The van der Waals surface area contributed by atoms with E-state index in [-0.39, 0.29) is 35.9 Å². The number of nitrogens with zero attached hydrogens (tertiary/aromatic N) is 2. The number of carbonyl (C=O) groups excluding carboxylic acids is 3. The Morgan fingerprint density at radius 2 is 1.65 bits per heavy atom. The van der Waals surface area contributed by atoms with Crippen LogP contribution in [0.25, 0.3) is 0 Å². The van der Waals surface area contributed by atoms with Gasteiger partial charge in [0.1, 0.15) is 5.75 Å². The van der Waals surface area contributed by atoms with Crippen LogP contribution in [0.5, 0.6) is 5.75 Å². The molecule has 2 saturated heterocycles. The molecule has 31 heavy (non-hydrogen) atoms. The molecule has 4 rings (SSSR count). The third-order valence-electron chi connectivity index (χ3n) is 6.17. The van der Waals surface area contributed by atoms with Gasteiger partial charge in [-0.3, -0.25) is 14.4 Å². The minimum atomic E-state index is -0.358. The Morgan fingerprint density at radius 3 is 2.35 bits per heavy atom. The molecule has 2 amide bonds. The van der Waals surface area contributed by atoms with E-state index >= 15 is 0 Å². The van der Waals surface area contributed by atoms with E-state index in [2.05, 4.69) is 0 Å². The Bertz CT molecular complexity index is 951. The van der Waals surface area contributed by atoms with Gasteiger partial charge in [-0.25, -0.2) is 0 Å². The number of benzene rings is 2. The topological polar surface area (TPSA) is 66.9 Å². The number of anilines is 1. The van der Waals surface area contributed by atoms with Gasteiger partial charge >= 0.3 is 0 Å². The summed E-state index contributed by atoms with van der Waals surface area (Å²) in [4.78, 5) is 42.0. The number of Topliss-reactive ketones (excluding diaryl/α,β-unsaturated/α-hetero) is 1. The highest BCUT2D eigenvalue weighted by molar-refractivity contribution is 6.01. The second-order valence-corrected chi connectivity index (χ2v) is 8.14. The second-order valence-electron chi connectivity index (χ2n) is 8.14. The maximum Gasteiger partial charge on any atom is 0.228 e. The van der Waals surface area contributed by atoms with Crippen molar-refractivity contribution in [1.82, 2.24) is 4.90 Å². The predicted molar refractivity (Wildman–Crippen MR) is 118 cm³/mol. The van der Waals surface area contributed by atoms with Crippen molar-refractivity contribution in [2.75, 3.05) is 31.1 Å². The number of amides is 2. The molecule has 0 bridgehead atoms. The first-order valence-electron chi connectivity index (χ1n) is 11.0. The third kappa shape index (κ3) is 4.48. The fraction of sp³-hybridized carbons (Fsp3) is 0.400. The van der Waals surface area contributed by atoms with E-state index in [9.17, 15) is 14.4 Å². The van der Waals surface area contributed by atoms with Crippen molar-refractivity contribution in [2.45, 2.75) is 26.2 Å². The van der Waals surface area contributed by atoms with Crippen LogP contribution in [-0.2, 0) is 9.59 Å². The van der Waals surface area contributed by atoms with Crippen LogP contribution in [-0.4, -0.2) is 48.7 Å². The number of hydrogen-bond donors (Lipinski definition) is 0. The summed E-state index contributed by atoms with van der Waals surface area (Å²) in [6.07, 6.45) is 1.54. The SMILES string of the molecule is CCOc1ccccc1N1CC(C(=O)N2CCC(C(=O)c3ccccc3)CC2)CC1=O. The average molecular weight is 421 g/mol. The maximum absolute atomic E-state index is 13.1. The highest BCUT2D eigenvalue weighted by Gasteiger charge is 2.39. The molecule has 0 aliphatic carbocycles. The van der Waals surface area contributed by atoms with Gasteiger partial charge in [-0.1, -0.05) is 42.5 Å². The van der Waals surface area contributed by atoms with E-state index in [0.29, 0.717) is 44.8 Å². The van der Waals surface area contributed by atoms with E-state index < -0.39 is 0 Å². The lowest BCUT2D eigenvalue weighted by Crippen LogP contribution is -2.43. The molecular weight excluding hydrogens is 392 g/mol. The lowest BCUT2D eigenvalue weighted by atomic mass is 9.88. The molecule has 2 aliphatic rings. The Balaban J connectivity index is 1.37. The summed E-state index contributed by atoms with van der Waals surface area (Å²) in [5.74, 6) is 0.360. The first-order chi connectivity index (χ1) is 15.1. The molecule has 6 heteroatoms. The number of ketones is 1. The van der Waals surface area contributed by atoms with E-state index in [1.165, 1.54) is 0 Å². The third-order valence-corrected chi connectivity index (χ3v) is 6.17. The van der Waals surface area contributed by atoms with Crippen molar-refractivity contribution in [3.05, 3.63) is 60.2 Å². The molecule has 0 radical (unpaired) electrons. The molecule has 0 saturated carbocycles. The minimum absolute atomic E-state index is 0.00958. The summed E-state index contributed by atoms with van der Waals surface area (Å²) >= 11 is 0. The first-order valence-corrected chi connectivity index (χ1v) is 11.0. The van der Waals surface area contributed by atoms with E-state index in [0.717, 1.165) is 11.3 Å². The van der Waals surface area contributed by atoms with Gasteiger partial charge in [0.2, 0.25) is 11.8 Å². The van der Waals surface area contributed by atoms with Crippen LogP contribution < -0.4 is 9.64 Å². The van der Waals surface area contributed by atoms with Crippen LogP contribution in [0.3, 0.4) is 0 Å². The Morgan fingerprint density at radius 1 is 0.968 bits per heavy atom. The molecule has 0 spiro atoms. The molecule has 0 N–H and O–H groups in total. The molecule has 2 fully saturated rings. The van der Waals surface area contributed by atoms with E-state index in [1.54, 1.807) is 4.90 Å². The molecule has 2 aliphatic heterocycles. The average Bonchev–Trinajstić information content (AvgIpc) is 3.21. The van der Waals surface area contributed by atoms with Gasteiger partial charge in [0.15, 0.2) is 5.78 Å². The molecule has 0 aromatic heterocycles. The van der Waals surface area contributed by atoms with Gasteiger partial charge in [0, 0.05) is 37.5 Å². The van der Waals surface area contributed by atoms with Gasteiger partial charge in [0.25, 0.3) is 0 Å². The molecule has 6 nitrogen and oxygen atoms in total. The van der Waals surface area contributed by atoms with Crippen LogP contribution in [0.4, 0.5) is 5.69 Å². The van der Waals surface area contributed by atoms with Gasteiger partial charge < -0.3 is 14.5 Å². The first kappa shape index (κ1) is 21.1. The van der Waals surface area contributed by atoms with Crippen molar-refractivity contribution in [2.24, 2.45) is 11.8 Å². The monoisotopic (exact) mass is 420 g/mol. The fourth-order valence-electron chi connectivity index (χ4n) is 4.52. The molecule has 1 unspecified atom stereocenters.